The zero-order valence-electron chi connectivity index (χ0n) is 12.0. The van der Waals surface area contributed by atoms with E-state index in [0.717, 1.165) is 32.2 Å². The molecule has 0 unspecified atom stereocenters. The van der Waals surface area contributed by atoms with Crippen molar-refractivity contribution < 1.29 is 9.47 Å². The molecule has 22 heavy (non-hydrogen) atoms. The van der Waals surface area contributed by atoms with Crippen LogP contribution < -0.4 is 9.47 Å². The first kappa shape index (κ1) is 15.1. The van der Waals surface area contributed by atoms with Gasteiger partial charge in [0.1, 0.15) is 23.1 Å². The Morgan fingerprint density at radius 2 is 1.95 bits per heavy atom. The number of aromatic nitrogens is 1. The minimum atomic E-state index is 0.478. The zero-order valence-corrected chi connectivity index (χ0v) is 14.4. The summed E-state index contributed by atoms with van der Waals surface area (Å²) >= 11 is 5.10. The molecule has 1 aromatic heterocycles. The molecule has 0 amide bonds. The van der Waals surface area contributed by atoms with Crippen molar-refractivity contribution in [3.05, 3.63) is 63.4 Å². The maximum Gasteiger partial charge on any atom is 0.140 e. The molecule has 3 rings (SSSR count). The molecule has 0 N–H and O–H groups in total. The van der Waals surface area contributed by atoms with E-state index in [2.05, 4.69) is 20.9 Å². The van der Waals surface area contributed by atoms with E-state index in [9.17, 15) is 0 Å². The third-order valence-electron chi connectivity index (χ3n) is 3.10. The predicted molar refractivity (Wildman–Crippen MR) is 92.6 cm³/mol. The molecular weight excluding hydrogens is 362 g/mol. The Hall–Kier alpha value is -1.85. The molecule has 0 radical (unpaired) electrons. The van der Waals surface area contributed by atoms with Crippen molar-refractivity contribution in [3.63, 3.8) is 0 Å². The molecule has 1 heterocycles. The van der Waals surface area contributed by atoms with Crippen LogP contribution in [0.5, 0.6) is 11.5 Å². The van der Waals surface area contributed by atoms with Crippen LogP contribution in [0.15, 0.2) is 58.4 Å². The number of hydrogen-bond acceptors (Lipinski definition) is 4. The number of halogens is 1. The molecule has 0 bridgehead atoms. The lowest BCUT2D eigenvalue weighted by Crippen LogP contribution is -1.94. The smallest absolute Gasteiger partial charge is 0.140 e. The third kappa shape index (κ3) is 3.48. The van der Waals surface area contributed by atoms with Crippen LogP contribution in [-0.2, 0) is 6.61 Å². The second-order valence-electron chi connectivity index (χ2n) is 4.58. The number of methoxy groups -OCH3 is 1. The standard InChI is InChI=1S/C17H14BrNO2S/c1-20-16-8-7-12(9-14(16)18)15-11-22-17(19-15)10-21-13-5-3-2-4-6-13/h2-9,11H,10H2,1H3. The summed E-state index contributed by atoms with van der Waals surface area (Å²) in [6.07, 6.45) is 0. The summed E-state index contributed by atoms with van der Waals surface area (Å²) in [6.45, 7) is 0.478. The lowest BCUT2D eigenvalue weighted by atomic mass is 10.2. The van der Waals surface area contributed by atoms with Crippen LogP contribution in [-0.4, -0.2) is 12.1 Å². The highest BCUT2D eigenvalue weighted by Crippen LogP contribution is 2.31. The number of para-hydroxylation sites is 1. The first-order chi connectivity index (χ1) is 10.8. The van der Waals surface area contributed by atoms with Crippen LogP contribution in [0, 0.1) is 0 Å². The molecule has 3 aromatic rings. The summed E-state index contributed by atoms with van der Waals surface area (Å²) in [4.78, 5) is 4.62. The number of thiazole rings is 1. The number of rotatable bonds is 5. The second-order valence-corrected chi connectivity index (χ2v) is 6.37. The van der Waals surface area contributed by atoms with E-state index in [-0.39, 0.29) is 0 Å². The van der Waals surface area contributed by atoms with E-state index in [1.54, 1.807) is 18.4 Å². The zero-order chi connectivity index (χ0) is 15.4. The first-order valence-electron chi connectivity index (χ1n) is 6.72. The van der Waals surface area contributed by atoms with Crippen molar-refractivity contribution in [3.8, 4) is 22.8 Å². The quantitative estimate of drug-likeness (QED) is 0.616. The second kappa shape index (κ2) is 6.94. The largest absolute Gasteiger partial charge is 0.496 e. The normalized spacial score (nSPS) is 10.5. The molecule has 5 heteroatoms. The van der Waals surface area contributed by atoms with Gasteiger partial charge in [0.2, 0.25) is 0 Å². The number of hydrogen-bond donors (Lipinski definition) is 0. The topological polar surface area (TPSA) is 31.4 Å². The number of nitrogens with zero attached hydrogens (tertiary/aromatic N) is 1. The number of ether oxygens (including phenoxy) is 2. The maximum atomic E-state index is 5.72. The van der Waals surface area contributed by atoms with Gasteiger partial charge in [0.05, 0.1) is 17.3 Å². The van der Waals surface area contributed by atoms with Gasteiger partial charge in [0, 0.05) is 10.9 Å². The van der Waals surface area contributed by atoms with E-state index in [0.29, 0.717) is 6.61 Å². The van der Waals surface area contributed by atoms with Gasteiger partial charge >= 0.3 is 0 Å². The minimum Gasteiger partial charge on any atom is -0.496 e. The van der Waals surface area contributed by atoms with Gasteiger partial charge < -0.3 is 9.47 Å². The van der Waals surface area contributed by atoms with Crippen molar-refractivity contribution >= 4 is 27.3 Å². The Morgan fingerprint density at radius 1 is 1.14 bits per heavy atom. The fourth-order valence-electron chi connectivity index (χ4n) is 2.00. The number of benzene rings is 2. The average Bonchev–Trinajstić information content (AvgIpc) is 3.03. The molecule has 3 nitrogen and oxygen atoms in total. The molecule has 0 saturated heterocycles. The van der Waals surface area contributed by atoms with Gasteiger partial charge in [-0.25, -0.2) is 4.98 Å². The van der Waals surface area contributed by atoms with E-state index in [4.69, 9.17) is 9.47 Å². The summed E-state index contributed by atoms with van der Waals surface area (Å²) in [5, 5.41) is 2.99. The van der Waals surface area contributed by atoms with Crippen LogP contribution in [0.2, 0.25) is 0 Å². The lowest BCUT2D eigenvalue weighted by molar-refractivity contribution is 0.305. The Labute approximate surface area is 141 Å². The van der Waals surface area contributed by atoms with Crippen molar-refractivity contribution in [2.45, 2.75) is 6.61 Å². The van der Waals surface area contributed by atoms with Gasteiger partial charge in [-0.1, -0.05) is 18.2 Å². The molecule has 0 atom stereocenters. The Balaban J connectivity index is 1.72. The molecule has 0 fully saturated rings. The summed E-state index contributed by atoms with van der Waals surface area (Å²) in [7, 11) is 1.65. The van der Waals surface area contributed by atoms with E-state index in [1.807, 2.05) is 53.9 Å². The highest BCUT2D eigenvalue weighted by Gasteiger charge is 2.08. The van der Waals surface area contributed by atoms with Crippen LogP contribution in [0.1, 0.15) is 5.01 Å². The first-order valence-corrected chi connectivity index (χ1v) is 8.39. The van der Waals surface area contributed by atoms with E-state index in [1.165, 1.54) is 0 Å². The van der Waals surface area contributed by atoms with Gasteiger partial charge in [0.15, 0.2) is 0 Å². The van der Waals surface area contributed by atoms with Gasteiger partial charge in [-0.05, 0) is 46.3 Å². The van der Waals surface area contributed by atoms with Gasteiger partial charge in [-0.2, -0.15) is 0 Å². The highest BCUT2D eigenvalue weighted by molar-refractivity contribution is 9.10. The molecule has 0 spiro atoms. The van der Waals surface area contributed by atoms with Crippen molar-refractivity contribution in [1.82, 2.24) is 4.98 Å². The Bertz CT molecular complexity index is 758. The molecule has 2 aromatic carbocycles. The Morgan fingerprint density at radius 3 is 2.68 bits per heavy atom. The monoisotopic (exact) mass is 375 g/mol. The SMILES string of the molecule is COc1ccc(-c2csc(COc3ccccc3)n2)cc1Br. The van der Waals surface area contributed by atoms with Crippen molar-refractivity contribution in [1.29, 1.82) is 0 Å². The van der Waals surface area contributed by atoms with Crippen LogP contribution >= 0.6 is 27.3 Å². The summed E-state index contributed by atoms with van der Waals surface area (Å²) in [5.41, 5.74) is 2.00. The van der Waals surface area contributed by atoms with Crippen LogP contribution in [0.4, 0.5) is 0 Å². The van der Waals surface area contributed by atoms with Gasteiger partial charge in [0.25, 0.3) is 0 Å². The molecular formula is C17H14BrNO2S. The maximum absolute atomic E-state index is 5.72. The van der Waals surface area contributed by atoms with E-state index >= 15 is 0 Å². The van der Waals surface area contributed by atoms with Crippen LogP contribution in [0.25, 0.3) is 11.3 Å². The molecule has 0 aliphatic heterocycles. The van der Waals surface area contributed by atoms with Gasteiger partial charge in [-0.3, -0.25) is 0 Å². The average molecular weight is 376 g/mol. The third-order valence-corrected chi connectivity index (χ3v) is 4.55. The summed E-state index contributed by atoms with van der Waals surface area (Å²) < 4.78 is 11.9. The minimum absolute atomic E-state index is 0.478. The highest BCUT2D eigenvalue weighted by atomic mass is 79.9. The van der Waals surface area contributed by atoms with Crippen molar-refractivity contribution in [2.24, 2.45) is 0 Å². The Kier molecular flexibility index (Phi) is 4.75. The lowest BCUT2D eigenvalue weighted by Gasteiger charge is -2.04. The van der Waals surface area contributed by atoms with Gasteiger partial charge in [-0.15, -0.1) is 11.3 Å². The molecule has 112 valence electrons. The fraction of sp³-hybridized carbons (Fsp3) is 0.118. The molecule has 0 aliphatic rings. The molecule has 0 aliphatic carbocycles. The van der Waals surface area contributed by atoms with Crippen LogP contribution in [0.3, 0.4) is 0 Å². The summed E-state index contributed by atoms with van der Waals surface area (Å²) in [5.74, 6) is 1.66. The molecule has 0 saturated carbocycles. The van der Waals surface area contributed by atoms with E-state index < -0.39 is 0 Å². The predicted octanol–water partition coefficient (Wildman–Crippen LogP) is 5.16. The fourth-order valence-corrected chi connectivity index (χ4v) is 3.25. The van der Waals surface area contributed by atoms with Crippen molar-refractivity contribution in [2.75, 3.05) is 7.11 Å². The summed E-state index contributed by atoms with van der Waals surface area (Å²) in [6, 6.07) is 15.7.